The Balaban J connectivity index is 1.49. The van der Waals surface area contributed by atoms with Crippen LogP contribution in [0.25, 0.3) is 0 Å². The largest absolute Gasteiger partial charge is 0.394 e. The first-order valence-electron chi connectivity index (χ1n) is 14.6. The number of anilines is 2. The van der Waals surface area contributed by atoms with Crippen molar-refractivity contribution in [3.05, 3.63) is 83.4 Å². The third-order valence-electron chi connectivity index (χ3n) is 8.97. The number of fused-ring (bicyclic) bond motifs is 2. The standard InChI is InChI=1S/C33H36ClN3O5/c1-20(2)18-23(19-38)37-29-32(41)36(28-21(3)10-7-13-24(28)34)17-9-15-33(29)27(31(37)40)26-25(42-33)14-8-16-35(30(26)39)22-11-5-4-6-12-22/h4-15,20,23,25-27,29,38H,16-19H2,1-3H3/t23-,25-,26+,27+,29?,33+/m1/s1. The SMILES string of the molecule is Cc1cccc(Cl)c1N1CC=C[C@]23O[C@@H]4C=CCN(c5ccccc5)C(=O)[C@@H]4[C@H]2C(=O)N([C@@H](CO)CC(C)C)C3C1=O. The van der Waals surface area contributed by atoms with Crippen LogP contribution in [0.3, 0.4) is 0 Å². The molecule has 4 heterocycles. The molecule has 42 heavy (non-hydrogen) atoms. The molecule has 1 N–H and O–H groups in total. The molecule has 8 nitrogen and oxygen atoms in total. The Bertz CT molecular complexity index is 1440. The number of likely N-dealkylation sites (tertiary alicyclic amines) is 1. The first kappa shape index (κ1) is 28.6. The average molecular weight is 590 g/mol. The summed E-state index contributed by atoms with van der Waals surface area (Å²) in [7, 11) is 0. The van der Waals surface area contributed by atoms with Gasteiger partial charge in [0.2, 0.25) is 11.8 Å². The number of nitrogens with zero attached hydrogens (tertiary/aromatic N) is 3. The van der Waals surface area contributed by atoms with Crippen molar-refractivity contribution in [2.24, 2.45) is 17.8 Å². The molecule has 2 aromatic rings. The van der Waals surface area contributed by atoms with E-state index in [1.54, 1.807) is 15.9 Å². The molecule has 0 saturated carbocycles. The Hall–Kier alpha value is -3.46. The first-order valence-corrected chi connectivity index (χ1v) is 15.0. The summed E-state index contributed by atoms with van der Waals surface area (Å²) in [6.07, 6.45) is 7.20. The molecule has 2 aromatic carbocycles. The Kier molecular flexibility index (Phi) is 7.50. The lowest BCUT2D eigenvalue weighted by molar-refractivity contribution is -0.144. The molecule has 9 heteroatoms. The zero-order chi connectivity index (χ0) is 29.8. The normalized spacial score (nSPS) is 29.5. The number of carbonyl (C=O) groups is 3. The van der Waals surface area contributed by atoms with Gasteiger partial charge in [0.1, 0.15) is 11.6 Å². The number of rotatable bonds is 6. The highest BCUT2D eigenvalue weighted by Crippen LogP contribution is 2.54. The topological polar surface area (TPSA) is 90.4 Å². The predicted molar refractivity (Wildman–Crippen MR) is 161 cm³/mol. The number of hydrogen-bond donors (Lipinski definition) is 1. The van der Waals surface area contributed by atoms with E-state index in [4.69, 9.17) is 16.3 Å². The van der Waals surface area contributed by atoms with Gasteiger partial charge in [0.15, 0.2) is 0 Å². The summed E-state index contributed by atoms with van der Waals surface area (Å²) in [5, 5.41) is 11.0. The highest BCUT2D eigenvalue weighted by atomic mass is 35.5. The van der Waals surface area contributed by atoms with Crippen molar-refractivity contribution in [2.75, 3.05) is 29.5 Å². The minimum Gasteiger partial charge on any atom is -0.394 e. The van der Waals surface area contributed by atoms with E-state index < -0.39 is 35.6 Å². The van der Waals surface area contributed by atoms with Crippen LogP contribution in [0.1, 0.15) is 25.8 Å². The number of amides is 3. The summed E-state index contributed by atoms with van der Waals surface area (Å²) in [6.45, 7) is 6.17. The Labute approximate surface area is 251 Å². The van der Waals surface area contributed by atoms with E-state index in [2.05, 4.69) is 0 Å². The number of benzene rings is 2. The lowest BCUT2D eigenvalue weighted by Gasteiger charge is -2.39. The van der Waals surface area contributed by atoms with Crippen LogP contribution in [-0.4, -0.2) is 71.2 Å². The molecule has 4 aliphatic rings. The van der Waals surface area contributed by atoms with E-state index in [1.807, 2.05) is 87.5 Å². The van der Waals surface area contributed by atoms with Crippen molar-refractivity contribution < 1.29 is 24.2 Å². The maximum atomic E-state index is 14.7. The van der Waals surface area contributed by atoms with Gasteiger partial charge in [-0.3, -0.25) is 14.4 Å². The van der Waals surface area contributed by atoms with Crippen molar-refractivity contribution in [1.82, 2.24) is 4.90 Å². The Morgan fingerprint density at radius 2 is 1.71 bits per heavy atom. The van der Waals surface area contributed by atoms with Crippen LogP contribution >= 0.6 is 11.6 Å². The molecule has 220 valence electrons. The summed E-state index contributed by atoms with van der Waals surface area (Å²) in [6, 6.07) is 13.1. The summed E-state index contributed by atoms with van der Waals surface area (Å²) in [5.74, 6) is -2.55. The Morgan fingerprint density at radius 3 is 2.40 bits per heavy atom. The number of ether oxygens (including phenoxy) is 1. The highest BCUT2D eigenvalue weighted by Gasteiger charge is 2.72. The molecule has 0 bridgehead atoms. The van der Waals surface area contributed by atoms with E-state index in [1.165, 1.54) is 4.90 Å². The third kappa shape index (κ3) is 4.39. The fourth-order valence-corrected chi connectivity index (χ4v) is 7.62. The molecule has 6 rings (SSSR count). The monoisotopic (exact) mass is 589 g/mol. The summed E-state index contributed by atoms with van der Waals surface area (Å²) >= 11 is 6.64. The zero-order valence-electron chi connectivity index (χ0n) is 24.0. The number of hydrogen-bond acceptors (Lipinski definition) is 5. The highest BCUT2D eigenvalue weighted by molar-refractivity contribution is 6.34. The number of halogens is 1. The number of para-hydroxylation sites is 2. The van der Waals surface area contributed by atoms with E-state index in [0.29, 0.717) is 23.7 Å². The van der Waals surface area contributed by atoms with Crippen LogP contribution in [0.4, 0.5) is 11.4 Å². The van der Waals surface area contributed by atoms with Crippen molar-refractivity contribution in [2.45, 2.75) is 51.0 Å². The van der Waals surface area contributed by atoms with Gasteiger partial charge in [-0.25, -0.2) is 0 Å². The summed E-state index contributed by atoms with van der Waals surface area (Å²) < 4.78 is 6.77. The van der Waals surface area contributed by atoms with Gasteiger partial charge in [-0.15, -0.1) is 0 Å². The van der Waals surface area contributed by atoms with Crippen molar-refractivity contribution in [1.29, 1.82) is 0 Å². The van der Waals surface area contributed by atoms with Gasteiger partial charge in [0, 0.05) is 18.8 Å². The molecule has 0 aliphatic carbocycles. The number of aliphatic hydroxyl groups excluding tert-OH is 1. The minimum atomic E-state index is -1.39. The van der Waals surface area contributed by atoms with Crippen LogP contribution in [-0.2, 0) is 19.1 Å². The van der Waals surface area contributed by atoms with Crippen LogP contribution in [0.5, 0.6) is 0 Å². The molecular formula is C33H36ClN3O5. The molecule has 2 fully saturated rings. The average Bonchev–Trinajstić information content (AvgIpc) is 3.28. The van der Waals surface area contributed by atoms with E-state index >= 15 is 0 Å². The molecule has 3 amide bonds. The fraction of sp³-hybridized carbons (Fsp3) is 0.424. The Morgan fingerprint density at radius 1 is 0.976 bits per heavy atom. The second kappa shape index (κ2) is 11.0. The number of carbonyl (C=O) groups excluding carboxylic acids is 3. The molecule has 6 atom stereocenters. The van der Waals surface area contributed by atoms with Crippen LogP contribution < -0.4 is 9.80 Å². The van der Waals surface area contributed by atoms with Gasteiger partial charge < -0.3 is 24.5 Å². The second-order valence-corrected chi connectivity index (χ2v) is 12.4. The zero-order valence-corrected chi connectivity index (χ0v) is 24.8. The smallest absolute Gasteiger partial charge is 0.253 e. The quantitative estimate of drug-likeness (QED) is 0.512. The van der Waals surface area contributed by atoms with E-state index in [0.717, 1.165) is 11.3 Å². The molecule has 1 unspecified atom stereocenters. The molecular weight excluding hydrogens is 554 g/mol. The maximum Gasteiger partial charge on any atom is 0.253 e. The van der Waals surface area contributed by atoms with Gasteiger partial charge in [0.05, 0.1) is 41.3 Å². The third-order valence-corrected chi connectivity index (χ3v) is 9.28. The van der Waals surface area contributed by atoms with Crippen LogP contribution in [0, 0.1) is 24.7 Å². The number of aryl methyl sites for hydroxylation is 1. The fourth-order valence-electron chi connectivity index (χ4n) is 7.30. The predicted octanol–water partition coefficient (Wildman–Crippen LogP) is 4.14. The van der Waals surface area contributed by atoms with Gasteiger partial charge in [-0.1, -0.05) is 80.1 Å². The summed E-state index contributed by atoms with van der Waals surface area (Å²) in [4.78, 5) is 48.5. The van der Waals surface area contributed by atoms with Gasteiger partial charge >= 0.3 is 0 Å². The van der Waals surface area contributed by atoms with Gasteiger partial charge in [-0.05, 0) is 43.0 Å². The molecule has 1 spiro atoms. The van der Waals surface area contributed by atoms with E-state index in [-0.39, 0.29) is 36.8 Å². The lowest BCUT2D eigenvalue weighted by atomic mass is 9.77. The first-order chi connectivity index (χ1) is 20.2. The van der Waals surface area contributed by atoms with Crippen LogP contribution in [0.2, 0.25) is 5.02 Å². The van der Waals surface area contributed by atoms with Gasteiger partial charge in [-0.2, -0.15) is 0 Å². The molecule has 0 aromatic heterocycles. The van der Waals surface area contributed by atoms with Crippen molar-refractivity contribution in [3.8, 4) is 0 Å². The van der Waals surface area contributed by atoms with Crippen molar-refractivity contribution in [3.63, 3.8) is 0 Å². The van der Waals surface area contributed by atoms with Gasteiger partial charge in [0.25, 0.3) is 5.91 Å². The second-order valence-electron chi connectivity index (χ2n) is 12.0. The molecule has 4 aliphatic heterocycles. The minimum absolute atomic E-state index is 0.148. The lowest BCUT2D eigenvalue weighted by Crippen LogP contribution is -2.58. The van der Waals surface area contributed by atoms with E-state index in [9.17, 15) is 19.5 Å². The van der Waals surface area contributed by atoms with Crippen LogP contribution in [0.15, 0.2) is 72.8 Å². The van der Waals surface area contributed by atoms with Crippen molar-refractivity contribution >= 4 is 40.7 Å². The maximum absolute atomic E-state index is 14.7. The number of aliphatic hydroxyl groups is 1. The molecule has 0 radical (unpaired) electrons. The molecule has 2 saturated heterocycles. The summed E-state index contributed by atoms with van der Waals surface area (Å²) in [5.41, 5.74) is 0.734.